The molecule has 0 atom stereocenters. The zero-order valence-corrected chi connectivity index (χ0v) is 15.9. The molecule has 0 unspecified atom stereocenters. The Bertz CT molecular complexity index is 1050. The zero-order chi connectivity index (χ0) is 17.9. The smallest absolute Gasteiger partial charge is 0.138 e. The van der Waals surface area contributed by atoms with Gasteiger partial charge in [-0.1, -0.05) is 19.1 Å². The molecule has 0 fully saturated rings. The molecular weight excluding hydrogens is 340 g/mol. The average molecular weight is 363 g/mol. The van der Waals surface area contributed by atoms with Gasteiger partial charge in [0, 0.05) is 29.4 Å². The number of anilines is 1. The highest BCUT2D eigenvalue weighted by Gasteiger charge is 2.09. The van der Waals surface area contributed by atoms with Crippen LogP contribution in [0.25, 0.3) is 21.1 Å². The lowest BCUT2D eigenvalue weighted by atomic mass is 10.1. The Morgan fingerprint density at radius 1 is 1.12 bits per heavy atom. The van der Waals surface area contributed by atoms with Crippen LogP contribution in [0.4, 0.5) is 5.82 Å². The van der Waals surface area contributed by atoms with Crippen molar-refractivity contribution in [1.82, 2.24) is 15.0 Å². The van der Waals surface area contributed by atoms with E-state index in [1.165, 1.54) is 15.8 Å². The molecule has 0 amide bonds. The van der Waals surface area contributed by atoms with Crippen LogP contribution in [0.15, 0.2) is 42.6 Å². The molecule has 3 heterocycles. The quantitative estimate of drug-likeness (QED) is 0.482. The molecule has 0 saturated carbocycles. The Labute approximate surface area is 157 Å². The first-order valence-electron chi connectivity index (χ1n) is 9.07. The molecule has 4 nitrogen and oxygen atoms in total. The molecule has 132 valence electrons. The van der Waals surface area contributed by atoms with Crippen LogP contribution in [-0.4, -0.2) is 21.5 Å². The van der Waals surface area contributed by atoms with E-state index in [4.69, 9.17) is 4.98 Å². The number of aryl methyl sites for hydroxylation is 3. The fraction of sp³-hybridized carbons (Fsp3) is 0.286. The van der Waals surface area contributed by atoms with Crippen molar-refractivity contribution in [2.75, 3.05) is 11.9 Å². The van der Waals surface area contributed by atoms with Gasteiger partial charge in [-0.2, -0.15) is 0 Å². The molecule has 0 aliphatic carbocycles. The fourth-order valence-electron chi connectivity index (χ4n) is 3.16. The number of benzene rings is 1. The van der Waals surface area contributed by atoms with E-state index < -0.39 is 0 Å². The molecule has 1 N–H and O–H groups in total. The van der Waals surface area contributed by atoms with E-state index in [0.29, 0.717) is 0 Å². The molecule has 0 radical (unpaired) electrons. The van der Waals surface area contributed by atoms with Gasteiger partial charge in [0.25, 0.3) is 0 Å². The van der Waals surface area contributed by atoms with Crippen molar-refractivity contribution in [3.05, 3.63) is 58.9 Å². The molecule has 0 aliphatic rings. The highest BCUT2D eigenvalue weighted by Crippen LogP contribution is 2.28. The Morgan fingerprint density at radius 3 is 2.92 bits per heavy atom. The van der Waals surface area contributed by atoms with Gasteiger partial charge < -0.3 is 5.32 Å². The summed E-state index contributed by atoms with van der Waals surface area (Å²) < 4.78 is 0. The summed E-state index contributed by atoms with van der Waals surface area (Å²) in [5.41, 5.74) is 2.40. The second-order valence-corrected chi connectivity index (χ2v) is 7.71. The SMILES string of the molecule is CCc1nc(NCCCc2ccc3ncccc3c2)c2cc(C)sc2n1. The minimum atomic E-state index is 0.854. The van der Waals surface area contributed by atoms with Crippen LogP contribution in [0.2, 0.25) is 0 Å². The van der Waals surface area contributed by atoms with Crippen molar-refractivity contribution in [2.24, 2.45) is 0 Å². The monoisotopic (exact) mass is 362 g/mol. The van der Waals surface area contributed by atoms with Crippen LogP contribution in [0.5, 0.6) is 0 Å². The van der Waals surface area contributed by atoms with Crippen LogP contribution in [0.3, 0.4) is 0 Å². The molecule has 0 spiro atoms. The number of aromatic nitrogens is 3. The van der Waals surface area contributed by atoms with Crippen LogP contribution >= 0.6 is 11.3 Å². The number of rotatable bonds is 6. The van der Waals surface area contributed by atoms with Crippen molar-refractivity contribution in [1.29, 1.82) is 0 Å². The summed E-state index contributed by atoms with van der Waals surface area (Å²) in [5.74, 6) is 1.88. The summed E-state index contributed by atoms with van der Waals surface area (Å²) in [6.07, 6.45) is 4.79. The first kappa shape index (κ1) is 16.9. The third kappa shape index (κ3) is 3.53. The lowest BCUT2D eigenvalue weighted by Gasteiger charge is -2.09. The fourth-order valence-corrected chi connectivity index (χ4v) is 4.06. The number of nitrogens with zero attached hydrogens (tertiary/aromatic N) is 3. The van der Waals surface area contributed by atoms with E-state index >= 15 is 0 Å². The van der Waals surface area contributed by atoms with Crippen LogP contribution in [0, 0.1) is 6.92 Å². The van der Waals surface area contributed by atoms with Crippen molar-refractivity contribution in [3.63, 3.8) is 0 Å². The number of pyridine rings is 1. The molecule has 0 saturated heterocycles. The van der Waals surface area contributed by atoms with Gasteiger partial charge >= 0.3 is 0 Å². The maximum Gasteiger partial charge on any atom is 0.138 e. The summed E-state index contributed by atoms with van der Waals surface area (Å²) in [6, 6.07) is 12.8. The van der Waals surface area contributed by atoms with Gasteiger partial charge in [-0.15, -0.1) is 11.3 Å². The van der Waals surface area contributed by atoms with Crippen LogP contribution in [0.1, 0.15) is 29.6 Å². The topological polar surface area (TPSA) is 50.7 Å². The minimum absolute atomic E-state index is 0.854. The largest absolute Gasteiger partial charge is 0.369 e. The second kappa shape index (κ2) is 7.38. The normalized spacial score (nSPS) is 11.3. The molecule has 4 aromatic rings. The highest BCUT2D eigenvalue weighted by molar-refractivity contribution is 7.18. The maximum absolute atomic E-state index is 4.69. The van der Waals surface area contributed by atoms with E-state index in [-0.39, 0.29) is 0 Å². The number of nitrogens with one attached hydrogen (secondary N) is 1. The number of fused-ring (bicyclic) bond motifs is 2. The van der Waals surface area contributed by atoms with Gasteiger partial charge in [0.1, 0.15) is 16.5 Å². The molecule has 26 heavy (non-hydrogen) atoms. The Balaban J connectivity index is 1.43. The van der Waals surface area contributed by atoms with Crippen LogP contribution < -0.4 is 5.32 Å². The number of hydrogen-bond donors (Lipinski definition) is 1. The molecular formula is C21H22N4S. The minimum Gasteiger partial charge on any atom is -0.369 e. The molecule has 1 aromatic carbocycles. The van der Waals surface area contributed by atoms with Crippen molar-refractivity contribution in [3.8, 4) is 0 Å². The molecule has 4 rings (SSSR count). The lowest BCUT2D eigenvalue weighted by Crippen LogP contribution is -2.07. The summed E-state index contributed by atoms with van der Waals surface area (Å²) in [4.78, 5) is 16.1. The molecule has 0 aliphatic heterocycles. The summed E-state index contributed by atoms with van der Waals surface area (Å²) in [6.45, 7) is 5.12. The summed E-state index contributed by atoms with van der Waals surface area (Å²) >= 11 is 1.74. The van der Waals surface area contributed by atoms with Gasteiger partial charge in [-0.25, -0.2) is 9.97 Å². The maximum atomic E-state index is 4.69. The average Bonchev–Trinajstić information content (AvgIpc) is 3.05. The molecule has 3 aromatic heterocycles. The number of thiophene rings is 1. The highest BCUT2D eigenvalue weighted by atomic mass is 32.1. The Kier molecular flexibility index (Phi) is 4.80. The van der Waals surface area contributed by atoms with Gasteiger partial charge in [-0.3, -0.25) is 4.98 Å². The third-order valence-corrected chi connectivity index (χ3v) is 5.42. The van der Waals surface area contributed by atoms with E-state index in [1.807, 2.05) is 12.3 Å². The van der Waals surface area contributed by atoms with E-state index in [1.54, 1.807) is 11.3 Å². The van der Waals surface area contributed by atoms with Crippen molar-refractivity contribution >= 4 is 38.3 Å². The summed E-state index contributed by atoms with van der Waals surface area (Å²) in [5, 5.41) is 5.87. The third-order valence-electron chi connectivity index (χ3n) is 4.48. The first-order chi connectivity index (χ1) is 12.7. The van der Waals surface area contributed by atoms with E-state index in [9.17, 15) is 0 Å². The van der Waals surface area contributed by atoms with E-state index in [2.05, 4.69) is 59.5 Å². The Hall–Kier alpha value is -2.53. The molecule has 0 bridgehead atoms. The number of hydrogen-bond acceptors (Lipinski definition) is 5. The van der Waals surface area contributed by atoms with Crippen molar-refractivity contribution in [2.45, 2.75) is 33.1 Å². The first-order valence-corrected chi connectivity index (χ1v) is 9.89. The van der Waals surface area contributed by atoms with Gasteiger partial charge in [0.15, 0.2) is 0 Å². The van der Waals surface area contributed by atoms with Gasteiger partial charge in [-0.05, 0) is 49.6 Å². The van der Waals surface area contributed by atoms with Crippen molar-refractivity contribution < 1.29 is 0 Å². The Morgan fingerprint density at radius 2 is 2.04 bits per heavy atom. The second-order valence-electron chi connectivity index (χ2n) is 6.48. The molecule has 5 heteroatoms. The van der Waals surface area contributed by atoms with Crippen LogP contribution in [-0.2, 0) is 12.8 Å². The predicted molar refractivity (Wildman–Crippen MR) is 110 cm³/mol. The summed E-state index contributed by atoms with van der Waals surface area (Å²) in [7, 11) is 0. The van der Waals surface area contributed by atoms with Gasteiger partial charge in [0.05, 0.1) is 10.9 Å². The standard InChI is InChI=1S/C21H22N4S/c1-3-19-24-20(17-12-14(2)26-21(17)25-19)23-11-4-6-15-8-9-18-16(13-15)7-5-10-22-18/h5,7-10,12-13H,3-4,6,11H2,1-2H3,(H,23,24,25). The predicted octanol–water partition coefficient (Wildman–Crippen LogP) is 5.16. The zero-order valence-electron chi connectivity index (χ0n) is 15.1. The van der Waals surface area contributed by atoms with Gasteiger partial charge in [0.2, 0.25) is 0 Å². The van der Waals surface area contributed by atoms with E-state index in [0.717, 1.165) is 53.2 Å². The lowest BCUT2D eigenvalue weighted by molar-refractivity contribution is 0.856.